The summed E-state index contributed by atoms with van der Waals surface area (Å²) in [5.74, 6) is 2.12. The van der Waals surface area contributed by atoms with Gasteiger partial charge in [0, 0.05) is 61.6 Å². The molecule has 5 rings (SSSR count). The van der Waals surface area contributed by atoms with Crippen molar-refractivity contribution in [2.45, 2.75) is 6.42 Å². The monoisotopic (exact) mass is 446 g/mol. The second kappa shape index (κ2) is 9.64. The van der Waals surface area contributed by atoms with Gasteiger partial charge in [-0.05, 0) is 43.1 Å². The van der Waals surface area contributed by atoms with Gasteiger partial charge in [-0.3, -0.25) is 0 Å². The second-order valence-corrected chi connectivity index (χ2v) is 8.49. The third-order valence-electron chi connectivity index (χ3n) is 6.21. The zero-order chi connectivity index (χ0) is 22.6. The van der Waals surface area contributed by atoms with Gasteiger partial charge in [0.25, 0.3) is 0 Å². The van der Waals surface area contributed by atoms with Crippen molar-refractivity contribution in [3.8, 4) is 11.5 Å². The Kier molecular flexibility index (Phi) is 6.28. The molecular formula is C25H30N6O2. The van der Waals surface area contributed by atoms with Gasteiger partial charge >= 0.3 is 0 Å². The maximum absolute atomic E-state index is 6.10. The molecule has 0 atom stereocenters. The Morgan fingerprint density at radius 2 is 1.91 bits per heavy atom. The maximum atomic E-state index is 6.10. The molecular weight excluding hydrogens is 416 g/mol. The molecule has 3 heterocycles. The SMILES string of the molecule is COc1cc2c(Nc3ccc4cc[nH]c4c3)ncnc2cc1OCCCN1CCN(C)CC1. The quantitative estimate of drug-likeness (QED) is 0.398. The molecule has 0 unspecified atom stereocenters. The molecule has 33 heavy (non-hydrogen) atoms. The number of likely N-dealkylation sites (N-methyl/N-ethyl adjacent to an activating group) is 1. The average molecular weight is 447 g/mol. The van der Waals surface area contributed by atoms with Gasteiger partial charge in [0.2, 0.25) is 0 Å². The number of rotatable bonds is 8. The van der Waals surface area contributed by atoms with Crippen LogP contribution in [0, 0.1) is 0 Å². The van der Waals surface area contributed by atoms with Crippen molar-refractivity contribution >= 4 is 33.3 Å². The van der Waals surface area contributed by atoms with Gasteiger partial charge in [-0.1, -0.05) is 6.07 Å². The van der Waals surface area contributed by atoms with Crippen LogP contribution in [-0.2, 0) is 0 Å². The molecule has 1 aliphatic heterocycles. The number of ether oxygens (including phenoxy) is 2. The summed E-state index contributed by atoms with van der Waals surface area (Å²) in [5, 5.41) is 5.47. The summed E-state index contributed by atoms with van der Waals surface area (Å²) >= 11 is 0. The zero-order valence-corrected chi connectivity index (χ0v) is 19.2. The number of hydrogen-bond acceptors (Lipinski definition) is 7. The van der Waals surface area contributed by atoms with Crippen LogP contribution in [0.2, 0.25) is 0 Å². The lowest BCUT2D eigenvalue weighted by atomic mass is 10.2. The lowest BCUT2D eigenvalue weighted by Crippen LogP contribution is -2.44. The Balaban J connectivity index is 1.29. The van der Waals surface area contributed by atoms with E-state index in [0.717, 1.165) is 67.1 Å². The first-order valence-corrected chi connectivity index (χ1v) is 11.4. The molecule has 8 heteroatoms. The highest BCUT2D eigenvalue weighted by Crippen LogP contribution is 2.35. The fraction of sp³-hybridized carbons (Fsp3) is 0.360. The molecule has 0 spiro atoms. The largest absolute Gasteiger partial charge is 0.493 e. The molecule has 2 aromatic carbocycles. The normalized spacial score (nSPS) is 15.2. The molecule has 0 aliphatic carbocycles. The number of hydrogen-bond donors (Lipinski definition) is 2. The molecule has 4 aromatic rings. The minimum absolute atomic E-state index is 0.639. The summed E-state index contributed by atoms with van der Waals surface area (Å²) in [7, 11) is 3.84. The fourth-order valence-electron chi connectivity index (χ4n) is 4.24. The van der Waals surface area contributed by atoms with Crippen LogP contribution in [-0.4, -0.2) is 78.2 Å². The maximum Gasteiger partial charge on any atom is 0.163 e. The summed E-state index contributed by atoms with van der Waals surface area (Å²) in [6.07, 6.45) is 4.48. The van der Waals surface area contributed by atoms with Crippen molar-refractivity contribution in [1.29, 1.82) is 0 Å². The smallest absolute Gasteiger partial charge is 0.163 e. The van der Waals surface area contributed by atoms with E-state index in [4.69, 9.17) is 9.47 Å². The summed E-state index contributed by atoms with van der Waals surface area (Å²) in [6.45, 7) is 6.20. The third kappa shape index (κ3) is 4.86. The van der Waals surface area contributed by atoms with E-state index >= 15 is 0 Å². The molecule has 1 aliphatic rings. The third-order valence-corrected chi connectivity index (χ3v) is 6.21. The van der Waals surface area contributed by atoms with Crippen molar-refractivity contribution in [3.05, 3.63) is 48.9 Å². The first-order valence-electron chi connectivity index (χ1n) is 11.4. The van der Waals surface area contributed by atoms with Gasteiger partial charge in [-0.2, -0.15) is 0 Å². The van der Waals surface area contributed by atoms with Gasteiger partial charge in [-0.25, -0.2) is 9.97 Å². The molecule has 1 fully saturated rings. The first-order chi connectivity index (χ1) is 16.2. The molecule has 2 aromatic heterocycles. The van der Waals surface area contributed by atoms with Crippen molar-refractivity contribution in [3.63, 3.8) is 0 Å². The standard InChI is InChI=1S/C25H30N6O2/c1-30-9-11-31(12-10-30)8-3-13-33-24-16-22-20(15-23(24)32-2)25(28-17-27-22)29-19-5-4-18-6-7-26-21(18)14-19/h4-7,14-17,26H,3,8-13H2,1-2H3,(H,27,28,29). The van der Waals surface area contributed by atoms with Crippen LogP contribution < -0.4 is 14.8 Å². The number of piperazine rings is 1. The predicted molar refractivity (Wildman–Crippen MR) is 132 cm³/mol. The highest BCUT2D eigenvalue weighted by atomic mass is 16.5. The van der Waals surface area contributed by atoms with E-state index in [9.17, 15) is 0 Å². The lowest BCUT2D eigenvalue weighted by molar-refractivity contribution is 0.145. The average Bonchev–Trinajstić information content (AvgIpc) is 3.30. The number of nitrogens with one attached hydrogen (secondary N) is 2. The van der Waals surface area contributed by atoms with E-state index in [2.05, 4.69) is 55.3 Å². The van der Waals surface area contributed by atoms with Crippen LogP contribution in [0.25, 0.3) is 21.8 Å². The summed E-state index contributed by atoms with van der Waals surface area (Å²) in [6, 6.07) is 12.1. The highest BCUT2D eigenvalue weighted by Gasteiger charge is 2.15. The van der Waals surface area contributed by atoms with Gasteiger partial charge in [0.1, 0.15) is 12.1 Å². The van der Waals surface area contributed by atoms with Crippen LogP contribution >= 0.6 is 0 Å². The summed E-state index contributed by atoms with van der Waals surface area (Å²) < 4.78 is 11.7. The Morgan fingerprint density at radius 3 is 2.76 bits per heavy atom. The van der Waals surface area contributed by atoms with E-state index in [1.54, 1.807) is 13.4 Å². The van der Waals surface area contributed by atoms with Crippen molar-refractivity contribution in [1.82, 2.24) is 24.8 Å². The highest BCUT2D eigenvalue weighted by molar-refractivity contribution is 5.94. The molecule has 0 bridgehead atoms. The van der Waals surface area contributed by atoms with Crippen LogP contribution in [0.4, 0.5) is 11.5 Å². The number of anilines is 2. The van der Waals surface area contributed by atoms with Gasteiger partial charge in [0.15, 0.2) is 11.5 Å². The Bertz CT molecular complexity index is 1230. The molecule has 8 nitrogen and oxygen atoms in total. The minimum Gasteiger partial charge on any atom is -0.493 e. The summed E-state index contributed by atoms with van der Waals surface area (Å²) in [5.41, 5.74) is 2.83. The molecule has 1 saturated heterocycles. The van der Waals surface area contributed by atoms with Crippen LogP contribution in [0.5, 0.6) is 11.5 Å². The molecule has 0 saturated carbocycles. The van der Waals surface area contributed by atoms with E-state index in [0.29, 0.717) is 18.1 Å². The summed E-state index contributed by atoms with van der Waals surface area (Å²) in [4.78, 5) is 17.0. The Morgan fingerprint density at radius 1 is 1.03 bits per heavy atom. The van der Waals surface area contributed by atoms with Crippen molar-refractivity contribution < 1.29 is 9.47 Å². The number of H-pyrrole nitrogens is 1. The number of nitrogens with zero attached hydrogens (tertiary/aromatic N) is 4. The molecule has 2 N–H and O–H groups in total. The van der Waals surface area contributed by atoms with Crippen LogP contribution in [0.3, 0.4) is 0 Å². The number of methoxy groups -OCH3 is 1. The van der Waals surface area contributed by atoms with Gasteiger partial charge in [0.05, 0.1) is 19.2 Å². The van der Waals surface area contributed by atoms with Gasteiger partial charge < -0.3 is 29.6 Å². The number of fused-ring (bicyclic) bond motifs is 2. The fourth-order valence-corrected chi connectivity index (χ4v) is 4.24. The van der Waals surface area contributed by atoms with E-state index < -0.39 is 0 Å². The predicted octanol–water partition coefficient (Wildman–Crippen LogP) is 3.88. The van der Waals surface area contributed by atoms with Gasteiger partial charge in [-0.15, -0.1) is 0 Å². The number of aromatic nitrogens is 3. The molecule has 0 radical (unpaired) electrons. The number of aromatic amines is 1. The van der Waals surface area contributed by atoms with E-state index in [1.807, 2.05) is 24.4 Å². The van der Waals surface area contributed by atoms with Crippen molar-refractivity contribution in [2.75, 3.05) is 58.8 Å². The minimum atomic E-state index is 0.639. The zero-order valence-electron chi connectivity index (χ0n) is 19.2. The lowest BCUT2D eigenvalue weighted by Gasteiger charge is -2.32. The van der Waals surface area contributed by atoms with Crippen LogP contribution in [0.1, 0.15) is 6.42 Å². The Hall–Kier alpha value is -3.36. The van der Waals surface area contributed by atoms with E-state index in [1.165, 1.54) is 5.39 Å². The molecule has 172 valence electrons. The topological polar surface area (TPSA) is 78.5 Å². The van der Waals surface area contributed by atoms with E-state index in [-0.39, 0.29) is 0 Å². The molecule has 0 amide bonds. The van der Waals surface area contributed by atoms with Crippen LogP contribution in [0.15, 0.2) is 48.9 Å². The Labute approximate surface area is 193 Å². The van der Waals surface area contributed by atoms with Crippen molar-refractivity contribution in [2.24, 2.45) is 0 Å². The number of benzene rings is 2. The first kappa shape index (κ1) is 21.5. The second-order valence-electron chi connectivity index (χ2n) is 8.49.